The summed E-state index contributed by atoms with van der Waals surface area (Å²) in [7, 11) is 4.48. The molecule has 0 bridgehead atoms. The Morgan fingerprint density at radius 2 is 1.75 bits per heavy atom. The molecule has 0 heterocycles. The highest BCUT2D eigenvalue weighted by Gasteiger charge is 2.16. The number of ether oxygens (including phenoxy) is 3. The van der Waals surface area contributed by atoms with Crippen LogP contribution in [-0.4, -0.2) is 33.5 Å². The molecule has 24 heavy (non-hydrogen) atoms. The van der Waals surface area contributed by atoms with Gasteiger partial charge in [-0.2, -0.15) is 5.10 Å². The first-order valence-corrected chi connectivity index (χ1v) is 7.77. The summed E-state index contributed by atoms with van der Waals surface area (Å²) in [4.78, 5) is 12.3. The molecule has 126 valence electrons. The van der Waals surface area contributed by atoms with Crippen LogP contribution in [0, 0.1) is 0 Å². The maximum atomic E-state index is 12.3. The molecule has 0 fully saturated rings. The van der Waals surface area contributed by atoms with Crippen molar-refractivity contribution in [2.45, 2.75) is 0 Å². The zero-order valence-corrected chi connectivity index (χ0v) is 15.1. The van der Waals surface area contributed by atoms with Gasteiger partial charge in [0.05, 0.1) is 27.5 Å². The Bertz CT molecular complexity index is 737. The van der Waals surface area contributed by atoms with Gasteiger partial charge in [-0.3, -0.25) is 4.79 Å². The lowest BCUT2D eigenvalue weighted by molar-refractivity contribution is 0.0954. The van der Waals surface area contributed by atoms with Crippen molar-refractivity contribution in [1.82, 2.24) is 5.43 Å². The predicted octanol–water partition coefficient (Wildman–Crippen LogP) is 3.24. The van der Waals surface area contributed by atoms with Crippen LogP contribution < -0.4 is 19.6 Å². The third-order valence-corrected chi connectivity index (χ3v) is 3.65. The molecule has 0 saturated heterocycles. The summed E-state index contributed by atoms with van der Waals surface area (Å²) in [5.41, 5.74) is 3.67. The van der Waals surface area contributed by atoms with Crippen molar-refractivity contribution in [2.75, 3.05) is 21.3 Å². The Kier molecular flexibility index (Phi) is 6.20. The second-order valence-electron chi connectivity index (χ2n) is 4.67. The third kappa shape index (κ3) is 4.26. The summed E-state index contributed by atoms with van der Waals surface area (Å²) < 4.78 is 16.6. The standard InChI is InChI=1S/C17H17BrN2O4/c1-22-14-8-12(9-15(23-2)16(14)24-3)17(21)20-19-10-11-5-4-6-13(18)7-11/h4-10H,1-3H3,(H,20,21)/b19-10-. The summed E-state index contributed by atoms with van der Waals surface area (Å²) in [5.74, 6) is 0.839. The number of benzene rings is 2. The zero-order valence-electron chi connectivity index (χ0n) is 13.5. The van der Waals surface area contributed by atoms with E-state index in [4.69, 9.17) is 14.2 Å². The monoisotopic (exact) mass is 392 g/mol. The van der Waals surface area contributed by atoms with E-state index in [0.717, 1.165) is 10.0 Å². The lowest BCUT2D eigenvalue weighted by Gasteiger charge is -2.13. The summed E-state index contributed by atoms with van der Waals surface area (Å²) in [6.07, 6.45) is 1.56. The maximum absolute atomic E-state index is 12.3. The van der Waals surface area contributed by atoms with E-state index in [1.54, 1.807) is 18.3 Å². The van der Waals surface area contributed by atoms with E-state index in [0.29, 0.717) is 22.8 Å². The maximum Gasteiger partial charge on any atom is 0.271 e. The Morgan fingerprint density at radius 1 is 1.08 bits per heavy atom. The normalized spacial score (nSPS) is 10.5. The fourth-order valence-electron chi connectivity index (χ4n) is 2.03. The van der Waals surface area contributed by atoms with E-state index < -0.39 is 0 Å². The second kappa shape index (κ2) is 8.35. The van der Waals surface area contributed by atoms with E-state index in [2.05, 4.69) is 26.5 Å². The highest BCUT2D eigenvalue weighted by molar-refractivity contribution is 9.10. The highest BCUT2D eigenvalue weighted by atomic mass is 79.9. The van der Waals surface area contributed by atoms with Gasteiger partial charge in [-0.05, 0) is 29.8 Å². The van der Waals surface area contributed by atoms with Gasteiger partial charge in [0, 0.05) is 10.0 Å². The fourth-order valence-corrected chi connectivity index (χ4v) is 2.45. The summed E-state index contributed by atoms with van der Waals surface area (Å²) in [6.45, 7) is 0. The minimum Gasteiger partial charge on any atom is -0.493 e. The Labute approximate surface area is 148 Å². The lowest BCUT2D eigenvalue weighted by atomic mass is 10.1. The molecule has 0 aliphatic heterocycles. The van der Waals surface area contributed by atoms with E-state index in [1.165, 1.54) is 21.3 Å². The first-order valence-electron chi connectivity index (χ1n) is 6.98. The molecular formula is C17H17BrN2O4. The largest absolute Gasteiger partial charge is 0.493 e. The molecule has 0 saturated carbocycles. The van der Waals surface area contributed by atoms with Crippen LogP contribution in [0.3, 0.4) is 0 Å². The number of amides is 1. The van der Waals surface area contributed by atoms with Gasteiger partial charge in [0.25, 0.3) is 5.91 Å². The molecule has 0 radical (unpaired) electrons. The molecule has 7 heteroatoms. The van der Waals surface area contributed by atoms with Crippen LogP contribution in [0.15, 0.2) is 46.0 Å². The van der Waals surface area contributed by atoms with Crippen LogP contribution in [-0.2, 0) is 0 Å². The number of hydrogen-bond acceptors (Lipinski definition) is 5. The van der Waals surface area contributed by atoms with Crippen LogP contribution in [0.25, 0.3) is 0 Å². The van der Waals surface area contributed by atoms with Crippen molar-refractivity contribution >= 4 is 28.1 Å². The lowest BCUT2D eigenvalue weighted by Crippen LogP contribution is -2.18. The molecule has 0 spiro atoms. The second-order valence-corrected chi connectivity index (χ2v) is 5.58. The van der Waals surface area contributed by atoms with E-state index in [9.17, 15) is 4.79 Å². The zero-order chi connectivity index (χ0) is 17.5. The smallest absolute Gasteiger partial charge is 0.271 e. The average Bonchev–Trinajstić information content (AvgIpc) is 2.60. The van der Waals surface area contributed by atoms with E-state index >= 15 is 0 Å². The quantitative estimate of drug-likeness (QED) is 0.605. The van der Waals surface area contributed by atoms with Crippen molar-refractivity contribution < 1.29 is 19.0 Å². The molecule has 2 aromatic carbocycles. The first kappa shape index (κ1) is 17.8. The molecule has 1 amide bonds. The number of carbonyl (C=O) groups is 1. The molecule has 1 N–H and O–H groups in total. The molecule has 2 aromatic rings. The van der Waals surface area contributed by atoms with E-state index in [-0.39, 0.29) is 5.91 Å². The number of halogens is 1. The number of rotatable bonds is 6. The van der Waals surface area contributed by atoms with Gasteiger partial charge < -0.3 is 14.2 Å². The number of hydrogen-bond donors (Lipinski definition) is 1. The van der Waals surface area contributed by atoms with Gasteiger partial charge >= 0.3 is 0 Å². The van der Waals surface area contributed by atoms with Crippen molar-refractivity contribution in [3.8, 4) is 17.2 Å². The SMILES string of the molecule is COc1cc(C(=O)N/N=C\c2cccc(Br)c2)cc(OC)c1OC. The van der Waals surface area contributed by atoms with Crippen LogP contribution >= 0.6 is 15.9 Å². The highest BCUT2D eigenvalue weighted by Crippen LogP contribution is 2.38. The molecule has 0 atom stereocenters. The molecule has 6 nitrogen and oxygen atoms in total. The van der Waals surface area contributed by atoms with Crippen LogP contribution in [0.5, 0.6) is 17.2 Å². The average molecular weight is 393 g/mol. The number of carbonyl (C=O) groups excluding carboxylic acids is 1. The Hall–Kier alpha value is -2.54. The first-order chi connectivity index (χ1) is 11.6. The van der Waals surface area contributed by atoms with Gasteiger partial charge in [0.15, 0.2) is 11.5 Å². The third-order valence-electron chi connectivity index (χ3n) is 3.16. The van der Waals surface area contributed by atoms with Crippen LogP contribution in [0.1, 0.15) is 15.9 Å². The number of nitrogens with one attached hydrogen (secondary N) is 1. The number of hydrazone groups is 1. The van der Waals surface area contributed by atoms with Gasteiger partial charge in [0.1, 0.15) is 0 Å². The molecule has 2 rings (SSSR count). The van der Waals surface area contributed by atoms with E-state index in [1.807, 2.05) is 24.3 Å². The molecule has 0 aliphatic carbocycles. The molecule has 0 aromatic heterocycles. The van der Waals surface area contributed by atoms with Gasteiger partial charge in [-0.15, -0.1) is 0 Å². The number of methoxy groups -OCH3 is 3. The minimum absolute atomic E-state index is 0.343. The molecular weight excluding hydrogens is 376 g/mol. The van der Waals surface area contributed by atoms with Crippen molar-refractivity contribution in [3.63, 3.8) is 0 Å². The minimum atomic E-state index is -0.388. The fraction of sp³-hybridized carbons (Fsp3) is 0.176. The predicted molar refractivity (Wildman–Crippen MR) is 95.3 cm³/mol. The van der Waals surface area contributed by atoms with Crippen molar-refractivity contribution in [2.24, 2.45) is 5.10 Å². The van der Waals surface area contributed by atoms with Crippen molar-refractivity contribution in [1.29, 1.82) is 0 Å². The summed E-state index contributed by atoms with van der Waals surface area (Å²) >= 11 is 3.38. The molecule has 0 aliphatic rings. The van der Waals surface area contributed by atoms with Gasteiger partial charge in [0.2, 0.25) is 5.75 Å². The van der Waals surface area contributed by atoms with Crippen molar-refractivity contribution in [3.05, 3.63) is 52.0 Å². The topological polar surface area (TPSA) is 69.2 Å². The Balaban J connectivity index is 2.17. The number of nitrogens with zero attached hydrogens (tertiary/aromatic N) is 1. The van der Waals surface area contributed by atoms with Crippen LogP contribution in [0.2, 0.25) is 0 Å². The summed E-state index contributed by atoms with van der Waals surface area (Å²) in [5, 5.41) is 3.95. The van der Waals surface area contributed by atoms with Gasteiger partial charge in [-0.25, -0.2) is 5.43 Å². The van der Waals surface area contributed by atoms with Gasteiger partial charge in [-0.1, -0.05) is 28.1 Å². The molecule has 0 unspecified atom stereocenters. The Morgan fingerprint density at radius 3 is 2.29 bits per heavy atom. The summed E-state index contributed by atoms with van der Waals surface area (Å²) in [6, 6.07) is 10.7. The van der Waals surface area contributed by atoms with Crippen LogP contribution in [0.4, 0.5) is 0 Å².